The highest BCUT2D eigenvalue weighted by Crippen LogP contribution is 2.21. The molecule has 17 heavy (non-hydrogen) atoms. The first kappa shape index (κ1) is 14.3. The van der Waals surface area contributed by atoms with Crippen LogP contribution in [0, 0.1) is 0 Å². The molecule has 0 aliphatic rings. The highest BCUT2D eigenvalue weighted by molar-refractivity contribution is 6.33. The van der Waals surface area contributed by atoms with Gasteiger partial charge >= 0.3 is 0 Å². The van der Waals surface area contributed by atoms with E-state index in [0.717, 1.165) is 24.0 Å². The summed E-state index contributed by atoms with van der Waals surface area (Å²) in [5.41, 5.74) is 1.94. The van der Waals surface area contributed by atoms with E-state index in [9.17, 15) is 4.79 Å². The number of hydrogen-bond acceptors (Lipinski definition) is 1. The van der Waals surface area contributed by atoms with Crippen LogP contribution in [0.3, 0.4) is 0 Å². The molecule has 0 saturated carbocycles. The van der Waals surface area contributed by atoms with Gasteiger partial charge < -0.3 is 0 Å². The first-order chi connectivity index (χ1) is 8.06. The fraction of sp³-hybridized carbons (Fsp3) is 0.357. The maximum atomic E-state index is 11.8. The van der Waals surface area contributed by atoms with E-state index in [1.807, 2.05) is 0 Å². The van der Waals surface area contributed by atoms with Crippen molar-refractivity contribution in [3.05, 3.63) is 45.5 Å². The number of benzene rings is 1. The molecular formula is C14H16Cl2O. The summed E-state index contributed by atoms with van der Waals surface area (Å²) >= 11 is 11.9. The van der Waals surface area contributed by atoms with Gasteiger partial charge in [-0.1, -0.05) is 42.6 Å². The number of carbonyl (C=O) groups excluding carboxylic acids is 1. The second-order valence-corrected chi connectivity index (χ2v) is 4.73. The molecular weight excluding hydrogens is 255 g/mol. The van der Waals surface area contributed by atoms with Crippen molar-refractivity contribution in [3.8, 4) is 0 Å². The van der Waals surface area contributed by atoms with Gasteiger partial charge in [-0.25, -0.2) is 0 Å². The molecule has 0 N–H and O–H groups in total. The fourth-order valence-electron chi connectivity index (χ4n) is 1.60. The van der Waals surface area contributed by atoms with Gasteiger partial charge in [0.2, 0.25) is 0 Å². The lowest BCUT2D eigenvalue weighted by atomic mass is 10.0. The minimum absolute atomic E-state index is 0.0767. The van der Waals surface area contributed by atoms with Gasteiger partial charge in [0.15, 0.2) is 5.78 Å². The molecule has 0 bridgehead atoms. The highest BCUT2D eigenvalue weighted by Gasteiger charge is 2.06. The van der Waals surface area contributed by atoms with E-state index in [1.165, 1.54) is 0 Å². The standard InChI is InChI=1S/C14H16Cl2O/c1-3-10(4-2)7-13(17)9-11-8-12(15)5-6-14(11)16/h5-8H,3-4,9H2,1-2H3. The number of ketones is 1. The van der Waals surface area contributed by atoms with E-state index in [-0.39, 0.29) is 5.78 Å². The lowest BCUT2D eigenvalue weighted by molar-refractivity contribution is -0.114. The molecule has 0 radical (unpaired) electrons. The average molecular weight is 271 g/mol. The van der Waals surface area contributed by atoms with Crippen LogP contribution in [0.15, 0.2) is 29.8 Å². The fourth-order valence-corrected chi connectivity index (χ4v) is 1.98. The molecule has 3 heteroatoms. The summed E-state index contributed by atoms with van der Waals surface area (Å²) in [4.78, 5) is 11.8. The minimum atomic E-state index is 0.0767. The summed E-state index contributed by atoms with van der Waals surface area (Å²) in [6.45, 7) is 4.10. The normalized spacial score (nSPS) is 10.1. The minimum Gasteiger partial charge on any atom is -0.294 e. The van der Waals surface area contributed by atoms with Gasteiger partial charge in [-0.05, 0) is 42.7 Å². The highest BCUT2D eigenvalue weighted by atomic mass is 35.5. The average Bonchev–Trinajstić information content (AvgIpc) is 2.31. The summed E-state index contributed by atoms with van der Waals surface area (Å²) in [7, 11) is 0. The summed E-state index contributed by atoms with van der Waals surface area (Å²) in [6.07, 6.45) is 3.84. The topological polar surface area (TPSA) is 17.1 Å². The smallest absolute Gasteiger partial charge is 0.160 e. The lowest BCUT2D eigenvalue weighted by Crippen LogP contribution is -2.01. The largest absolute Gasteiger partial charge is 0.294 e. The Bertz CT molecular complexity index is 430. The molecule has 1 nitrogen and oxygen atoms in total. The zero-order valence-corrected chi connectivity index (χ0v) is 11.6. The van der Waals surface area contributed by atoms with Gasteiger partial charge in [0, 0.05) is 16.5 Å². The molecule has 0 aromatic heterocycles. The van der Waals surface area contributed by atoms with Crippen LogP contribution >= 0.6 is 23.2 Å². The van der Waals surface area contributed by atoms with Crippen LogP contribution in [0.1, 0.15) is 32.3 Å². The van der Waals surface area contributed by atoms with Gasteiger partial charge in [-0.2, -0.15) is 0 Å². The van der Waals surface area contributed by atoms with E-state index in [1.54, 1.807) is 24.3 Å². The molecule has 92 valence electrons. The van der Waals surface area contributed by atoms with Crippen molar-refractivity contribution >= 4 is 29.0 Å². The Labute approximate surface area is 112 Å². The Morgan fingerprint density at radius 1 is 1.24 bits per heavy atom. The molecule has 1 rings (SSSR count). The Balaban J connectivity index is 2.81. The summed E-state index contributed by atoms with van der Waals surface area (Å²) in [6, 6.07) is 5.18. The Morgan fingerprint density at radius 2 is 1.88 bits per heavy atom. The molecule has 0 aliphatic heterocycles. The van der Waals surface area contributed by atoms with E-state index in [0.29, 0.717) is 16.5 Å². The number of rotatable bonds is 5. The molecule has 1 aromatic rings. The van der Waals surface area contributed by atoms with E-state index in [2.05, 4.69) is 13.8 Å². The molecule has 0 heterocycles. The van der Waals surface area contributed by atoms with E-state index in [4.69, 9.17) is 23.2 Å². The molecule has 0 saturated heterocycles. The van der Waals surface area contributed by atoms with Crippen molar-refractivity contribution in [1.29, 1.82) is 0 Å². The Kier molecular flexibility index (Phi) is 5.73. The first-order valence-electron chi connectivity index (χ1n) is 5.73. The predicted molar refractivity (Wildman–Crippen MR) is 73.8 cm³/mol. The second kappa shape index (κ2) is 6.83. The second-order valence-electron chi connectivity index (χ2n) is 3.89. The summed E-state index contributed by atoms with van der Waals surface area (Å²) in [5, 5.41) is 1.19. The molecule has 0 spiro atoms. The van der Waals surface area contributed by atoms with Crippen molar-refractivity contribution in [2.45, 2.75) is 33.1 Å². The SMILES string of the molecule is CCC(=CC(=O)Cc1cc(Cl)ccc1Cl)CC. The van der Waals surface area contributed by atoms with Crippen molar-refractivity contribution in [2.75, 3.05) is 0 Å². The van der Waals surface area contributed by atoms with Crippen LogP contribution in [0.2, 0.25) is 10.0 Å². The van der Waals surface area contributed by atoms with Crippen molar-refractivity contribution in [2.24, 2.45) is 0 Å². The maximum Gasteiger partial charge on any atom is 0.160 e. The molecule has 0 unspecified atom stereocenters. The van der Waals surface area contributed by atoms with Crippen LogP contribution in [-0.2, 0) is 11.2 Å². The lowest BCUT2D eigenvalue weighted by Gasteiger charge is -2.04. The maximum absolute atomic E-state index is 11.8. The van der Waals surface area contributed by atoms with Crippen LogP contribution in [-0.4, -0.2) is 5.78 Å². The first-order valence-corrected chi connectivity index (χ1v) is 6.48. The Morgan fingerprint density at radius 3 is 2.47 bits per heavy atom. The van der Waals surface area contributed by atoms with Crippen LogP contribution < -0.4 is 0 Å². The molecule has 0 aliphatic carbocycles. The zero-order valence-electron chi connectivity index (χ0n) is 10.1. The monoisotopic (exact) mass is 270 g/mol. The third-order valence-corrected chi connectivity index (χ3v) is 3.25. The van der Waals surface area contributed by atoms with Gasteiger partial charge in [-0.3, -0.25) is 4.79 Å². The number of halogens is 2. The zero-order chi connectivity index (χ0) is 12.8. The predicted octanol–water partition coefficient (Wildman–Crippen LogP) is 4.85. The Hall–Kier alpha value is -0.790. The van der Waals surface area contributed by atoms with Crippen molar-refractivity contribution in [3.63, 3.8) is 0 Å². The van der Waals surface area contributed by atoms with E-state index >= 15 is 0 Å². The summed E-state index contributed by atoms with van der Waals surface area (Å²) in [5.74, 6) is 0.0767. The van der Waals surface area contributed by atoms with Gasteiger partial charge in [0.1, 0.15) is 0 Å². The van der Waals surface area contributed by atoms with Crippen molar-refractivity contribution in [1.82, 2.24) is 0 Å². The molecule has 0 amide bonds. The molecule has 0 atom stereocenters. The number of hydrogen-bond donors (Lipinski definition) is 0. The van der Waals surface area contributed by atoms with E-state index < -0.39 is 0 Å². The third-order valence-electron chi connectivity index (χ3n) is 2.65. The third kappa shape index (κ3) is 4.53. The van der Waals surface area contributed by atoms with Crippen LogP contribution in [0.25, 0.3) is 0 Å². The number of allylic oxidation sites excluding steroid dienone is 2. The summed E-state index contributed by atoms with van der Waals surface area (Å²) < 4.78 is 0. The molecule has 0 fully saturated rings. The molecule has 1 aromatic carbocycles. The van der Waals surface area contributed by atoms with Crippen LogP contribution in [0.5, 0.6) is 0 Å². The van der Waals surface area contributed by atoms with Crippen molar-refractivity contribution < 1.29 is 4.79 Å². The van der Waals surface area contributed by atoms with Crippen LogP contribution in [0.4, 0.5) is 0 Å². The number of carbonyl (C=O) groups is 1. The van der Waals surface area contributed by atoms with Gasteiger partial charge in [0.25, 0.3) is 0 Å². The van der Waals surface area contributed by atoms with Gasteiger partial charge in [-0.15, -0.1) is 0 Å². The van der Waals surface area contributed by atoms with Gasteiger partial charge in [0.05, 0.1) is 0 Å². The quantitative estimate of drug-likeness (QED) is 0.699.